The van der Waals surface area contributed by atoms with Crippen LogP contribution in [0, 0.1) is 17.6 Å². The van der Waals surface area contributed by atoms with Crippen molar-refractivity contribution in [2.24, 2.45) is 11.7 Å². The number of carbonyl (C=O) groups is 2. The Morgan fingerprint density at radius 1 is 1.46 bits per heavy atom. The minimum atomic E-state index is -2.04. The van der Waals surface area contributed by atoms with Crippen LogP contribution in [-0.4, -0.2) is 59.7 Å². The first kappa shape index (κ1) is 20.6. The number of rotatable bonds is 5. The molecule has 1 aromatic rings. The van der Waals surface area contributed by atoms with Gasteiger partial charge in [-0.25, -0.2) is 8.78 Å². The molecule has 2 aliphatic heterocycles. The highest BCUT2D eigenvalue weighted by atomic mass is 19.1. The van der Waals surface area contributed by atoms with Gasteiger partial charge in [-0.1, -0.05) is 0 Å². The first-order valence-corrected chi connectivity index (χ1v) is 9.38. The van der Waals surface area contributed by atoms with Crippen molar-refractivity contribution >= 4 is 11.8 Å². The van der Waals surface area contributed by atoms with Crippen molar-refractivity contribution in [1.82, 2.24) is 10.2 Å². The van der Waals surface area contributed by atoms with Crippen molar-refractivity contribution in [3.8, 4) is 0 Å². The van der Waals surface area contributed by atoms with Gasteiger partial charge < -0.3 is 25.8 Å². The predicted octanol–water partition coefficient (Wildman–Crippen LogP) is 0.469. The normalized spacial score (nSPS) is 30.5. The molecule has 0 aliphatic carbocycles. The molecule has 2 aliphatic rings. The number of halogens is 2. The van der Waals surface area contributed by atoms with Crippen LogP contribution in [-0.2, 0) is 14.3 Å². The van der Waals surface area contributed by atoms with Gasteiger partial charge in [-0.05, 0) is 31.5 Å². The number of nitrogens with one attached hydrogen (secondary N) is 1. The largest absolute Gasteiger partial charge is 0.372 e. The average molecular weight is 397 g/mol. The molecule has 4 atom stereocenters. The van der Waals surface area contributed by atoms with Crippen molar-refractivity contribution in [3.63, 3.8) is 0 Å². The van der Waals surface area contributed by atoms with E-state index in [-0.39, 0.29) is 37.6 Å². The highest BCUT2D eigenvalue weighted by Gasteiger charge is 2.51. The SMILES string of the molecule is CCNC(=O)C1(O)CCN(CC2COC(c3cc(F)ccc3F)C(N)C2)C1=O. The molecule has 2 heterocycles. The zero-order valence-electron chi connectivity index (χ0n) is 15.7. The van der Waals surface area contributed by atoms with E-state index in [2.05, 4.69) is 5.32 Å². The van der Waals surface area contributed by atoms with Crippen LogP contribution in [0.5, 0.6) is 0 Å². The molecular weight excluding hydrogens is 372 g/mol. The molecule has 0 bridgehead atoms. The molecule has 3 rings (SSSR count). The Hall–Kier alpha value is -2.10. The number of aliphatic hydroxyl groups is 1. The van der Waals surface area contributed by atoms with Crippen LogP contribution in [0.2, 0.25) is 0 Å². The average Bonchev–Trinajstić information content (AvgIpc) is 2.94. The van der Waals surface area contributed by atoms with Gasteiger partial charge in [0.1, 0.15) is 17.7 Å². The van der Waals surface area contributed by atoms with E-state index in [0.717, 1.165) is 18.2 Å². The number of carbonyl (C=O) groups excluding carboxylic acids is 2. The Labute approximate surface area is 161 Å². The first-order valence-electron chi connectivity index (χ1n) is 9.38. The maximum absolute atomic E-state index is 14.0. The van der Waals surface area contributed by atoms with E-state index >= 15 is 0 Å². The van der Waals surface area contributed by atoms with Gasteiger partial charge in [-0.2, -0.15) is 0 Å². The number of amides is 2. The third-order valence-electron chi connectivity index (χ3n) is 5.35. The van der Waals surface area contributed by atoms with Crippen molar-refractivity contribution in [1.29, 1.82) is 0 Å². The van der Waals surface area contributed by atoms with Gasteiger partial charge in [0.05, 0.1) is 6.61 Å². The van der Waals surface area contributed by atoms with Gasteiger partial charge >= 0.3 is 0 Å². The number of ether oxygens (including phenoxy) is 1. The molecule has 28 heavy (non-hydrogen) atoms. The molecule has 2 amide bonds. The molecule has 0 radical (unpaired) electrons. The highest BCUT2D eigenvalue weighted by molar-refractivity contribution is 6.09. The standard InChI is InChI=1S/C19H25F2N3O4/c1-2-23-17(25)19(27)5-6-24(18(19)26)9-11-7-15(22)16(28-10-11)13-8-12(20)3-4-14(13)21/h3-4,8,11,15-16,27H,2,5-7,9-10,22H2,1H3,(H,23,25). The number of hydrogen-bond acceptors (Lipinski definition) is 5. The van der Waals surface area contributed by atoms with Crippen LogP contribution in [0.25, 0.3) is 0 Å². The van der Waals surface area contributed by atoms with Crippen LogP contribution < -0.4 is 11.1 Å². The molecule has 2 saturated heterocycles. The first-order chi connectivity index (χ1) is 13.3. The molecular formula is C19H25F2N3O4. The molecule has 4 unspecified atom stereocenters. The quantitative estimate of drug-likeness (QED) is 0.627. The Kier molecular flexibility index (Phi) is 5.97. The fourth-order valence-corrected chi connectivity index (χ4v) is 3.89. The third-order valence-corrected chi connectivity index (χ3v) is 5.35. The molecule has 0 spiro atoms. The Balaban J connectivity index is 1.62. The fraction of sp³-hybridized carbons (Fsp3) is 0.579. The molecule has 4 N–H and O–H groups in total. The summed E-state index contributed by atoms with van der Waals surface area (Å²) in [6, 6.07) is 2.58. The lowest BCUT2D eigenvalue weighted by Crippen LogP contribution is -2.53. The second-order valence-electron chi connectivity index (χ2n) is 7.41. The van der Waals surface area contributed by atoms with Gasteiger partial charge in [0.25, 0.3) is 11.8 Å². The second-order valence-corrected chi connectivity index (χ2v) is 7.41. The molecule has 0 saturated carbocycles. The van der Waals surface area contributed by atoms with Crippen molar-refractivity contribution in [2.45, 2.75) is 37.5 Å². The number of likely N-dealkylation sites (tertiary alicyclic amines) is 1. The molecule has 9 heteroatoms. The van der Waals surface area contributed by atoms with Crippen molar-refractivity contribution < 1.29 is 28.2 Å². The Bertz CT molecular complexity index is 763. The summed E-state index contributed by atoms with van der Waals surface area (Å²) in [5.41, 5.74) is 4.18. The maximum Gasteiger partial charge on any atom is 0.264 e. The summed E-state index contributed by atoms with van der Waals surface area (Å²) >= 11 is 0. The van der Waals surface area contributed by atoms with Crippen molar-refractivity contribution in [3.05, 3.63) is 35.4 Å². The van der Waals surface area contributed by atoms with E-state index in [1.54, 1.807) is 6.92 Å². The number of likely N-dealkylation sites (N-methyl/N-ethyl adjacent to an activating group) is 1. The Morgan fingerprint density at radius 3 is 2.89 bits per heavy atom. The summed E-state index contributed by atoms with van der Waals surface area (Å²) in [5, 5.41) is 12.9. The summed E-state index contributed by atoms with van der Waals surface area (Å²) in [4.78, 5) is 26.0. The minimum absolute atomic E-state index is 0.0222. The lowest BCUT2D eigenvalue weighted by atomic mass is 9.90. The summed E-state index contributed by atoms with van der Waals surface area (Å²) in [6.07, 6.45) is -0.313. The highest BCUT2D eigenvalue weighted by Crippen LogP contribution is 2.33. The Morgan fingerprint density at radius 2 is 2.21 bits per heavy atom. The van der Waals surface area contributed by atoms with Gasteiger partial charge in [0, 0.05) is 43.6 Å². The van der Waals surface area contributed by atoms with Crippen LogP contribution in [0.1, 0.15) is 31.4 Å². The zero-order chi connectivity index (χ0) is 20.5. The summed E-state index contributed by atoms with van der Waals surface area (Å²) in [5.74, 6) is -2.61. The van der Waals surface area contributed by atoms with Gasteiger partial charge in [-0.3, -0.25) is 9.59 Å². The van der Waals surface area contributed by atoms with E-state index < -0.39 is 41.2 Å². The molecule has 7 nitrogen and oxygen atoms in total. The van der Waals surface area contributed by atoms with Gasteiger partial charge in [0.2, 0.25) is 5.60 Å². The summed E-state index contributed by atoms with van der Waals surface area (Å²) in [7, 11) is 0. The topological polar surface area (TPSA) is 105 Å². The van der Waals surface area contributed by atoms with Gasteiger partial charge in [0.15, 0.2) is 0 Å². The van der Waals surface area contributed by atoms with Crippen LogP contribution >= 0.6 is 0 Å². The van der Waals surface area contributed by atoms with Crippen LogP contribution in [0.15, 0.2) is 18.2 Å². The third kappa shape index (κ3) is 3.87. The fourth-order valence-electron chi connectivity index (χ4n) is 3.89. The van der Waals surface area contributed by atoms with Crippen LogP contribution in [0.3, 0.4) is 0 Å². The molecule has 1 aromatic carbocycles. The van der Waals surface area contributed by atoms with E-state index in [0.29, 0.717) is 13.0 Å². The van der Waals surface area contributed by atoms with Crippen LogP contribution in [0.4, 0.5) is 8.78 Å². The lowest BCUT2D eigenvalue weighted by Gasteiger charge is -2.36. The number of nitrogens with zero attached hydrogens (tertiary/aromatic N) is 1. The number of benzene rings is 1. The van der Waals surface area contributed by atoms with E-state index in [4.69, 9.17) is 10.5 Å². The molecule has 2 fully saturated rings. The minimum Gasteiger partial charge on any atom is -0.372 e. The van der Waals surface area contributed by atoms with E-state index in [1.165, 1.54) is 4.90 Å². The van der Waals surface area contributed by atoms with E-state index in [1.807, 2.05) is 0 Å². The predicted molar refractivity (Wildman–Crippen MR) is 96.0 cm³/mol. The summed E-state index contributed by atoms with van der Waals surface area (Å²) in [6.45, 7) is 2.75. The van der Waals surface area contributed by atoms with Crippen molar-refractivity contribution in [2.75, 3.05) is 26.2 Å². The lowest BCUT2D eigenvalue weighted by molar-refractivity contribution is -0.155. The zero-order valence-corrected chi connectivity index (χ0v) is 15.7. The molecule has 0 aromatic heterocycles. The second kappa shape index (κ2) is 8.10. The molecule has 154 valence electrons. The number of hydrogen-bond donors (Lipinski definition) is 3. The summed E-state index contributed by atoms with van der Waals surface area (Å²) < 4.78 is 33.2. The van der Waals surface area contributed by atoms with Gasteiger partial charge in [-0.15, -0.1) is 0 Å². The number of nitrogens with two attached hydrogens (primary N) is 1. The maximum atomic E-state index is 14.0. The smallest absolute Gasteiger partial charge is 0.264 e. The van der Waals surface area contributed by atoms with E-state index in [9.17, 15) is 23.5 Å². The monoisotopic (exact) mass is 397 g/mol.